The van der Waals surface area contributed by atoms with E-state index in [1.807, 2.05) is 0 Å². The molecule has 1 aromatic heterocycles. The monoisotopic (exact) mass is 775 g/mol. The summed E-state index contributed by atoms with van der Waals surface area (Å²) in [6.45, 7) is 0. The second-order valence-corrected chi connectivity index (χ2v) is 16.4. The van der Waals surface area contributed by atoms with Crippen LogP contribution in [0.1, 0.15) is 5.56 Å². The van der Waals surface area contributed by atoms with E-state index in [4.69, 9.17) is 9.98 Å². The van der Waals surface area contributed by atoms with Crippen LogP contribution in [0.2, 0.25) is 0 Å². The summed E-state index contributed by atoms with van der Waals surface area (Å²) in [7, 11) is 0. The van der Waals surface area contributed by atoms with Gasteiger partial charge in [0, 0.05) is 22.3 Å². The number of hydrogen-bond donors (Lipinski definition) is 0. The molecule has 0 saturated heterocycles. The minimum absolute atomic E-state index is 0.113. The quantitative estimate of drug-likeness (QED) is 0.167. The molecule has 1 aliphatic carbocycles. The van der Waals surface area contributed by atoms with Crippen LogP contribution in [-0.4, -0.2) is 22.9 Å². The van der Waals surface area contributed by atoms with Gasteiger partial charge < -0.3 is 4.90 Å². The molecular formula is C58H37N3. The van der Waals surface area contributed by atoms with E-state index >= 15 is 0 Å². The fraction of sp³-hybridized carbons (Fsp3) is 0.0345. The van der Waals surface area contributed by atoms with Crippen molar-refractivity contribution in [3.63, 3.8) is 0 Å². The Hall–Kier alpha value is -7.88. The number of pyridine rings is 1. The van der Waals surface area contributed by atoms with Crippen molar-refractivity contribution in [3.05, 3.63) is 218 Å². The third-order valence-corrected chi connectivity index (χ3v) is 13.0. The van der Waals surface area contributed by atoms with E-state index in [0.717, 1.165) is 28.4 Å². The van der Waals surface area contributed by atoms with E-state index in [1.165, 1.54) is 87.7 Å². The predicted octanol–water partition coefficient (Wildman–Crippen LogP) is 14.5. The summed E-state index contributed by atoms with van der Waals surface area (Å²) < 4.78 is 0. The van der Waals surface area contributed by atoms with Crippen molar-refractivity contribution < 1.29 is 0 Å². The van der Waals surface area contributed by atoms with Crippen LogP contribution in [0.25, 0.3) is 99.0 Å². The van der Waals surface area contributed by atoms with Crippen molar-refractivity contribution in [3.8, 4) is 55.9 Å². The third-order valence-electron chi connectivity index (χ3n) is 13.0. The topological polar surface area (TPSA) is 28.5 Å². The summed E-state index contributed by atoms with van der Waals surface area (Å²) in [5, 5.41) is 9.85. The zero-order valence-electron chi connectivity index (χ0n) is 33.2. The van der Waals surface area contributed by atoms with Gasteiger partial charge in [-0.05, 0) is 119 Å². The molecule has 10 aromatic rings. The van der Waals surface area contributed by atoms with Gasteiger partial charge in [-0.15, -0.1) is 0 Å². The van der Waals surface area contributed by atoms with Gasteiger partial charge in [-0.1, -0.05) is 164 Å². The highest BCUT2D eigenvalue weighted by Crippen LogP contribution is 2.47. The maximum atomic E-state index is 5.41. The average Bonchev–Trinajstić information content (AvgIpc) is 3.73. The minimum atomic E-state index is 0.113. The molecule has 3 heteroatoms. The van der Waals surface area contributed by atoms with Crippen molar-refractivity contribution in [2.24, 2.45) is 4.99 Å². The normalized spacial score (nSPS) is 16.1. The second kappa shape index (κ2) is 13.3. The Morgan fingerprint density at radius 2 is 0.951 bits per heavy atom. The van der Waals surface area contributed by atoms with Crippen molar-refractivity contribution in [1.82, 2.24) is 4.98 Å². The van der Waals surface area contributed by atoms with Crippen LogP contribution in [0.15, 0.2) is 217 Å². The van der Waals surface area contributed by atoms with Gasteiger partial charge in [-0.2, -0.15) is 0 Å². The molecule has 3 aliphatic rings. The summed E-state index contributed by atoms with van der Waals surface area (Å²) in [5.74, 6) is 1.04. The molecule has 3 heterocycles. The first-order chi connectivity index (χ1) is 30.2. The molecule has 0 fully saturated rings. The van der Waals surface area contributed by atoms with Crippen LogP contribution >= 0.6 is 0 Å². The molecule has 2 atom stereocenters. The number of fused-ring (bicyclic) bond motifs is 12. The first-order valence-electron chi connectivity index (χ1n) is 21.1. The van der Waals surface area contributed by atoms with Crippen molar-refractivity contribution >= 4 is 54.6 Å². The standard InChI is InChI=1S/C58H37N3/c1-3-14-38-32-42(26-24-36(38)12-1)56-45-17-5-6-18-46(45)57(43-27-25-37-13-2-4-15-39(37)33-43)50-35-41(28-30-47(50)56)52-21-11-20-51(59-52)40-29-31-48-49(34-40)44-16-7-9-22-54(44)61-55-23-10-8-19-53(55)60-58(48)61/h1-35,53,55H. The molecule has 0 bridgehead atoms. The van der Waals surface area contributed by atoms with Crippen LogP contribution in [0.3, 0.4) is 0 Å². The Morgan fingerprint density at radius 1 is 0.377 bits per heavy atom. The van der Waals surface area contributed by atoms with Crippen LogP contribution in [-0.2, 0) is 0 Å². The van der Waals surface area contributed by atoms with Crippen molar-refractivity contribution in [1.29, 1.82) is 0 Å². The van der Waals surface area contributed by atoms with Gasteiger partial charge in [0.05, 0.1) is 29.2 Å². The van der Waals surface area contributed by atoms with E-state index in [1.54, 1.807) is 0 Å². The fourth-order valence-corrected chi connectivity index (χ4v) is 10.2. The third kappa shape index (κ3) is 5.30. The summed E-state index contributed by atoms with van der Waals surface area (Å²) in [5.41, 5.74) is 13.7. The molecule has 0 amide bonds. The van der Waals surface area contributed by atoms with Gasteiger partial charge in [-0.3, -0.25) is 4.99 Å². The van der Waals surface area contributed by atoms with Gasteiger partial charge in [0.2, 0.25) is 0 Å². The lowest BCUT2D eigenvalue weighted by atomic mass is 9.84. The van der Waals surface area contributed by atoms with E-state index in [9.17, 15) is 0 Å². The van der Waals surface area contributed by atoms with E-state index in [0.29, 0.717) is 0 Å². The number of aromatic nitrogens is 1. The highest BCUT2D eigenvalue weighted by Gasteiger charge is 2.40. The lowest BCUT2D eigenvalue weighted by Crippen LogP contribution is -2.41. The Kier molecular flexibility index (Phi) is 7.43. The second-order valence-electron chi connectivity index (χ2n) is 16.4. The maximum absolute atomic E-state index is 5.41. The van der Waals surface area contributed by atoms with Crippen LogP contribution in [0, 0.1) is 0 Å². The predicted molar refractivity (Wildman–Crippen MR) is 256 cm³/mol. The fourth-order valence-electron chi connectivity index (χ4n) is 10.2. The number of nitrogens with zero attached hydrogens (tertiary/aromatic N) is 3. The van der Waals surface area contributed by atoms with Gasteiger partial charge in [-0.25, -0.2) is 4.98 Å². The summed E-state index contributed by atoms with van der Waals surface area (Å²) in [6.07, 6.45) is 8.75. The molecule has 9 aromatic carbocycles. The zero-order chi connectivity index (χ0) is 40.0. The van der Waals surface area contributed by atoms with Crippen molar-refractivity contribution in [2.45, 2.75) is 12.1 Å². The van der Waals surface area contributed by atoms with Crippen LogP contribution in [0.4, 0.5) is 5.69 Å². The molecule has 2 aliphatic heterocycles. The first-order valence-corrected chi connectivity index (χ1v) is 21.1. The molecule has 13 rings (SSSR count). The lowest BCUT2D eigenvalue weighted by Gasteiger charge is -2.35. The molecular weight excluding hydrogens is 739 g/mol. The van der Waals surface area contributed by atoms with Gasteiger partial charge in [0.25, 0.3) is 0 Å². The molecule has 284 valence electrons. The molecule has 0 radical (unpaired) electrons. The average molecular weight is 776 g/mol. The molecule has 61 heavy (non-hydrogen) atoms. The lowest BCUT2D eigenvalue weighted by molar-refractivity contribution is 0.739. The number of aliphatic imine (C=N–C) groups is 1. The number of para-hydroxylation sites is 1. The molecule has 3 nitrogen and oxygen atoms in total. The summed E-state index contributed by atoms with van der Waals surface area (Å²) >= 11 is 0. The minimum Gasteiger partial charge on any atom is -0.316 e. The first kappa shape index (κ1) is 34.0. The number of rotatable bonds is 4. The number of anilines is 1. The van der Waals surface area contributed by atoms with Gasteiger partial charge in [0.1, 0.15) is 5.84 Å². The number of hydrogen-bond acceptors (Lipinski definition) is 3. The molecule has 0 saturated carbocycles. The SMILES string of the molecule is C1=CC2N=C3c4ccc(-c5cccc(-c6ccc7c(-c8ccc9ccccc9c8)c8ccccc8c(-c8ccc9ccccc9c8)c7c6)n5)cc4-c4ccccc4N3C2C=C1. The number of amidine groups is 1. The van der Waals surface area contributed by atoms with Crippen molar-refractivity contribution in [2.75, 3.05) is 4.90 Å². The molecule has 0 N–H and O–H groups in total. The Balaban J connectivity index is 0.991. The van der Waals surface area contributed by atoms with Crippen LogP contribution < -0.4 is 4.90 Å². The van der Waals surface area contributed by atoms with Gasteiger partial charge in [0.15, 0.2) is 0 Å². The van der Waals surface area contributed by atoms with Gasteiger partial charge >= 0.3 is 0 Å². The smallest absolute Gasteiger partial charge is 0.137 e. The molecule has 2 unspecified atom stereocenters. The summed E-state index contributed by atoms with van der Waals surface area (Å²) in [4.78, 5) is 13.1. The number of benzene rings is 9. The van der Waals surface area contributed by atoms with E-state index in [-0.39, 0.29) is 12.1 Å². The van der Waals surface area contributed by atoms with E-state index < -0.39 is 0 Å². The van der Waals surface area contributed by atoms with Crippen LogP contribution in [0.5, 0.6) is 0 Å². The largest absolute Gasteiger partial charge is 0.316 e. The Labute approximate surface area is 353 Å². The highest BCUT2D eigenvalue weighted by atomic mass is 15.3. The molecule has 0 spiro atoms. The Bertz CT molecular complexity index is 3570. The summed E-state index contributed by atoms with van der Waals surface area (Å²) in [6, 6.07) is 69.2. The van der Waals surface area contributed by atoms with E-state index in [2.05, 4.69) is 217 Å². The number of allylic oxidation sites excluding steroid dienone is 2. The highest BCUT2D eigenvalue weighted by molar-refractivity contribution is 6.23. The Morgan fingerprint density at radius 3 is 1.69 bits per heavy atom. The maximum Gasteiger partial charge on any atom is 0.137 e. The zero-order valence-corrected chi connectivity index (χ0v) is 33.2.